The lowest BCUT2D eigenvalue weighted by molar-refractivity contribution is 0.423. The average Bonchev–Trinajstić information content (AvgIpc) is 2.85. The minimum absolute atomic E-state index is 0.0818. The van der Waals surface area contributed by atoms with E-state index >= 15 is 0 Å². The van der Waals surface area contributed by atoms with Crippen molar-refractivity contribution in [2.75, 3.05) is 6.54 Å². The molecule has 96 valence electrons. The molecule has 0 amide bonds. The van der Waals surface area contributed by atoms with Gasteiger partial charge in [0.05, 0.1) is 6.04 Å². The van der Waals surface area contributed by atoms with Gasteiger partial charge >= 0.3 is 0 Å². The minimum atomic E-state index is 0.0818. The molecular formula is C13H16BrN3O. The molecule has 0 saturated carbocycles. The summed E-state index contributed by atoms with van der Waals surface area (Å²) >= 11 is 3.43. The van der Waals surface area contributed by atoms with Crippen molar-refractivity contribution in [3.63, 3.8) is 0 Å². The van der Waals surface area contributed by atoms with E-state index < -0.39 is 0 Å². The lowest BCUT2D eigenvalue weighted by Crippen LogP contribution is -2.19. The van der Waals surface area contributed by atoms with E-state index in [1.807, 2.05) is 31.2 Å². The van der Waals surface area contributed by atoms with E-state index in [0.29, 0.717) is 11.8 Å². The molecule has 0 saturated heterocycles. The van der Waals surface area contributed by atoms with E-state index in [-0.39, 0.29) is 6.04 Å². The summed E-state index contributed by atoms with van der Waals surface area (Å²) in [5.41, 5.74) is 0.922. The number of hydrogen-bond donors (Lipinski definition) is 1. The lowest BCUT2D eigenvalue weighted by Gasteiger charge is -2.07. The molecule has 0 aliphatic carbocycles. The second kappa shape index (κ2) is 6.11. The summed E-state index contributed by atoms with van der Waals surface area (Å²) < 4.78 is 6.68. The van der Waals surface area contributed by atoms with Gasteiger partial charge in [-0.25, -0.2) is 0 Å². The normalized spacial score (nSPS) is 12.6. The fourth-order valence-electron chi connectivity index (χ4n) is 1.60. The second-order valence-corrected chi connectivity index (χ2v) is 5.05. The summed E-state index contributed by atoms with van der Waals surface area (Å²) in [6.07, 6.45) is 1.08. The molecule has 4 nitrogen and oxygen atoms in total. The van der Waals surface area contributed by atoms with Gasteiger partial charge in [-0.1, -0.05) is 28.9 Å². The maximum absolute atomic E-state index is 5.68. The molecule has 0 aliphatic heterocycles. The quantitative estimate of drug-likeness (QED) is 0.917. The Morgan fingerprint density at radius 3 is 2.94 bits per heavy atom. The predicted molar refractivity (Wildman–Crippen MR) is 74.1 cm³/mol. The third kappa shape index (κ3) is 3.17. The van der Waals surface area contributed by atoms with E-state index in [2.05, 4.69) is 38.4 Å². The van der Waals surface area contributed by atoms with Crippen LogP contribution in [0.2, 0.25) is 0 Å². The number of hydrogen-bond acceptors (Lipinski definition) is 4. The Kier molecular flexibility index (Phi) is 4.49. The van der Waals surface area contributed by atoms with Crippen molar-refractivity contribution in [1.82, 2.24) is 15.5 Å². The first-order valence-electron chi connectivity index (χ1n) is 6.03. The first-order valence-corrected chi connectivity index (χ1v) is 6.82. The average molecular weight is 310 g/mol. The molecule has 1 atom stereocenters. The zero-order chi connectivity index (χ0) is 13.0. The molecule has 18 heavy (non-hydrogen) atoms. The number of halogens is 1. The monoisotopic (exact) mass is 309 g/mol. The van der Waals surface area contributed by atoms with Crippen molar-refractivity contribution in [1.29, 1.82) is 0 Å². The van der Waals surface area contributed by atoms with Gasteiger partial charge in [-0.2, -0.15) is 0 Å². The Balaban J connectivity index is 2.15. The zero-order valence-corrected chi connectivity index (χ0v) is 12.1. The molecule has 2 aromatic rings. The highest BCUT2D eigenvalue weighted by molar-refractivity contribution is 9.10. The molecule has 1 heterocycles. The Morgan fingerprint density at radius 2 is 2.22 bits per heavy atom. The first-order chi connectivity index (χ1) is 8.70. The highest BCUT2D eigenvalue weighted by Gasteiger charge is 2.14. The van der Waals surface area contributed by atoms with Crippen LogP contribution in [-0.4, -0.2) is 16.7 Å². The first kappa shape index (κ1) is 13.2. The van der Waals surface area contributed by atoms with Crippen LogP contribution in [0, 0.1) is 0 Å². The van der Waals surface area contributed by atoms with Crippen LogP contribution in [0.25, 0.3) is 11.5 Å². The van der Waals surface area contributed by atoms with E-state index in [9.17, 15) is 0 Å². The smallest absolute Gasteiger partial charge is 0.247 e. The fourth-order valence-corrected chi connectivity index (χ4v) is 2.00. The van der Waals surface area contributed by atoms with Crippen molar-refractivity contribution in [2.24, 2.45) is 0 Å². The van der Waals surface area contributed by atoms with Gasteiger partial charge < -0.3 is 9.73 Å². The Hall–Kier alpha value is -1.20. The summed E-state index contributed by atoms with van der Waals surface area (Å²) in [5, 5.41) is 11.5. The van der Waals surface area contributed by atoms with Gasteiger partial charge in [-0.15, -0.1) is 10.2 Å². The van der Waals surface area contributed by atoms with Crippen molar-refractivity contribution >= 4 is 15.9 Å². The van der Waals surface area contributed by atoms with Crippen molar-refractivity contribution < 1.29 is 4.42 Å². The van der Waals surface area contributed by atoms with Gasteiger partial charge in [-0.3, -0.25) is 0 Å². The van der Waals surface area contributed by atoms with Crippen LogP contribution in [0.1, 0.15) is 32.2 Å². The molecule has 1 N–H and O–H groups in total. The maximum Gasteiger partial charge on any atom is 0.247 e. The van der Waals surface area contributed by atoms with Crippen molar-refractivity contribution in [3.8, 4) is 11.5 Å². The Morgan fingerprint density at radius 1 is 1.39 bits per heavy atom. The Labute approximate surface area is 115 Å². The summed E-state index contributed by atoms with van der Waals surface area (Å²) in [6, 6.07) is 7.90. The predicted octanol–water partition coefficient (Wildman–Crippen LogP) is 3.56. The third-order valence-corrected chi connectivity index (χ3v) is 3.08. The van der Waals surface area contributed by atoms with Crippen LogP contribution in [0.3, 0.4) is 0 Å². The van der Waals surface area contributed by atoms with Crippen LogP contribution in [0.5, 0.6) is 0 Å². The van der Waals surface area contributed by atoms with E-state index in [0.717, 1.165) is 23.0 Å². The zero-order valence-electron chi connectivity index (χ0n) is 10.5. The largest absolute Gasteiger partial charge is 0.419 e. The van der Waals surface area contributed by atoms with Gasteiger partial charge in [0.2, 0.25) is 11.8 Å². The SMILES string of the molecule is CCCNC(C)c1nnc(-c2cccc(Br)c2)o1. The van der Waals surface area contributed by atoms with Crippen LogP contribution >= 0.6 is 15.9 Å². The summed E-state index contributed by atoms with van der Waals surface area (Å²) in [6.45, 7) is 5.09. The molecule has 5 heteroatoms. The minimum Gasteiger partial charge on any atom is -0.419 e. The Bertz CT molecular complexity index is 512. The van der Waals surface area contributed by atoms with Crippen LogP contribution < -0.4 is 5.32 Å². The molecule has 0 bridgehead atoms. The molecule has 1 aromatic carbocycles. The number of benzene rings is 1. The molecule has 0 spiro atoms. The van der Waals surface area contributed by atoms with Gasteiger partial charge in [-0.05, 0) is 38.1 Å². The van der Waals surface area contributed by atoms with Crippen LogP contribution in [-0.2, 0) is 0 Å². The third-order valence-electron chi connectivity index (χ3n) is 2.58. The second-order valence-electron chi connectivity index (χ2n) is 4.13. The summed E-state index contributed by atoms with van der Waals surface area (Å²) in [7, 11) is 0. The molecule has 0 fully saturated rings. The number of rotatable bonds is 5. The molecular weight excluding hydrogens is 294 g/mol. The van der Waals surface area contributed by atoms with Crippen molar-refractivity contribution in [2.45, 2.75) is 26.3 Å². The lowest BCUT2D eigenvalue weighted by atomic mass is 10.2. The van der Waals surface area contributed by atoms with Crippen molar-refractivity contribution in [3.05, 3.63) is 34.6 Å². The van der Waals surface area contributed by atoms with Gasteiger partial charge in [0.25, 0.3) is 0 Å². The standard InChI is InChI=1S/C13H16BrN3O/c1-3-7-15-9(2)12-16-17-13(18-12)10-5-4-6-11(14)8-10/h4-6,8-9,15H,3,7H2,1-2H3. The maximum atomic E-state index is 5.68. The topological polar surface area (TPSA) is 51.0 Å². The highest BCUT2D eigenvalue weighted by atomic mass is 79.9. The highest BCUT2D eigenvalue weighted by Crippen LogP contribution is 2.23. The van der Waals surface area contributed by atoms with Crippen LogP contribution in [0.15, 0.2) is 33.2 Å². The number of nitrogens with zero attached hydrogens (tertiary/aromatic N) is 2. The van der Waals surface area contributed by atoms with E-state index in [1.165, 1.54) is 0 Å². The summed E-state index contributed by atoms with van der Waals surface area (Å²) in [4.78, 5) is 0. The molecule has 2 rings (SSSR count). The van der Waals surface area contributed by atoms with Gasteiger partial charge in [0.1, 0.15) is 0 Å². The summed E-state index contributed by atoms with van der Waals surface area (Å²) in [5.74, 6) is 1.18. The van der Waals surface area contributed by atoms with Crippen LogP contribution in [0.4, 0.5) is 0 Å². The molecule has 1 unspecified atom stereocenters. The molecule has 0 radical (unpaired) electrons. The fraction of sp³-hybridized carbons (Fsp3) is 0.385. The van der Waals surface area contributed by atoms with Gasteiger partial charge in [0.15, 0.2) is 0 Å². The molecule has 1 aromatic heterocycles. The van der Waals surface area contributed by atoms with E-state index in [4.69, 9.17) is 4.42 Å². The number of aromatic nitrogens is 2. The number of nitrogens with one attached hydrogen (secondary N) is 1. The molecule has 0 aliphatic rings. The van der Waals surface area contributed by atoms with Gasteiger partial charge in [0, 0.05) is 10.0 Å². The van der Waals surface area contributed by atoms with E-state index in [1.54, 1.807) is 0 Å².